The summed E-state index contributed by atoms with van der Waals surface area (Å²) in [4.78, 5) is 0. The number of aliphatic hydroxyl groups excluding tert-OH is 1. The molecule has 0 amide bonds. The molecule has 0 aromatic heterocycles. The van der Waals surface area contributed by atoms with E-state index in [1.807, 2.05) is 30.3 Å². The summed E-state index contributed by atoms with van der Waals surface area (Å²) < 4.78 is 0. The number of aliphatic hydroxyl groups is 1. The molecule has 1 aliphatic carbocycles. The van der Waals surface area contributed by atoms with Crippen LogP contribution in [0.3, 0.4) is 0 Å². The number of aromatic hydroxyl groups is 1. The zero-order valence-electron chi connectivity index (χ0n) is 9.43. The molecule has 2 aromatic carbocycles. The standard InChI is InChI=1S/C15H14O2/c16-9-8-11-10-4-1-2-5-12(10)15-13(11)6-3-7-14(15)17/h1-7,11,16-17H,8-9H2. The molecule has 86 valence electrons. The molecule has 0 bridgehead atoms. The molecule has 0 spiro atoms. The smallest absolute Gasteiger partial charge is 0.123 e. The second-order valence-corrected chi connectivity index (χ2v) is 4.39. The fourth-order valence-electron chi connectivity index (χ4n) is 2.78. The Hall–Kier alpha value is -1.80. The first kappa shape index (κ1) is 10.4. The molecule has 2 N–H and O–H groups in total. The summed E-state index contributed by atoms with van der Waals surface area (Å²) in [5.74, 6) is 0.536. The van der Waals surface area contributed by atoms with Gasteiger partial charge in [-0.3, -0.25) is 0 Å². The van der Waals surface area contributed by atoms with Crippen molar-refractivity contribution in [3.8, 4) is 16.9 Å². The normalized spacial score (nSPS) is 16.6. The molecule has 1 atom stereocenters. The van der Waals surface area contributed by atoms with Crippen LogP contribution in [0, 0.1) is 0 Å². The molecule has 0 heterocycles. The van der Waals surface area contributed by atoms with Gasteiger partial charge in [0.25, 0.3) is 0 Å². The van der Waals surface area contributed by atoms with Crippen molar-refractivity contribution in [2.45, 2.75) is 12.3 Å². The average molecular weight is 226 g/mol. The molecule has 0 aliphatic heterocycles. The number of phenolic OH excluding ortho intramolecular Hbond substituents is 1. The molecule has 1 unspecified atom stereocenters. The Kier molecular flexibility index (Phi) is 2.37. The van der Waals surface area contributed by atoms with Crippen molar-refractivity contribution in [1.29, 1.82) is 0 Å². The maximum absolute atomic E-state index is 10.0. The quantitative estimate of drug-likeness (QED) is 0.826. The summed E-state index contributed by atoms with van der Waals surface area (Å²) in [7, 11) is 0. The highest BCUT2D eigenvalue weighted by Gasteiger charge is 2.29. The van der Waals surface area contributed by atoms with Gasteiger partial charge in [0.1, 0.15) is 5.75 Å². The first-order chi connectivity index (χ1) is 8.33. The van der Waals surface area contributed by atoms with E-state index in [4.69, 9.17) is 0 Å². The highest BCUT2D eigenvalue weighted by Crippen LogP contribution is 2.49. The molecule has 0 fully saturated rings. The van der Waals surface area contributed by atoms with Crippen LogP contribution in [-0.2, 0) is 0 Å². The van der Waals surface area contributed by atoms with Crippen molar-refractivity contribution in [3.63, 3.8) is 0 Å². The van der Waals surface area contributed by atoms with Crippen LogP contribution >= 0.6 is 0 Å². The molecule has 1 aliphatic rings. The van der Waals surface area contributed by atoms with E-state index in [9.17, 15) is 10.2 Å². The number of rotatable bonds is 2. The minimum atomic E-state index is 0.161. The number of benzene rings is 2. The number of hydrogen-bond acceptors (Lipinski definition) is 2. The van der Waals surface area contributed by atoms with E-state index in [1.54, 1.807) is 6.07 Å². The second-order valence-electron chi connectivity index (χ2n) is 4.39. The lowest BCUT2D eigenvalue weighted by Gasteiger charge is -2.11. The van der Waals surface area contributed by atoms with Crippen molar-refractivity contribution < 1.29 is 10.2 Å². The maximum atomic E-state index is 10.0. The second kappa shape index (κ2) is 3.90. The fourth-order valence-corrected chi connectivity index (χ4v) is 2.78. The lowest BCUT2D eigenvalue weighted by molar-refractivity contribution is 0.282. The molecular weight excluding hydrogens is 212 g/mol. The van der Waals surface area contributed by atoms with E-state index in [0.29, 0.717) is 12.2 Å². The third-order valence-corrected chi connectivity index (χ3v) is 3.47. The third kappa shape index (κ3) is 1.45. The largest absolute Gasteiger partial charge is 0.507 e. The Morgan fingerprint density at radius 3 is 2.53 bits per heavy atom. The average Bonchev–Trinajstić information content (AvgIpc) is 2.66. The topological polar surface area (TPSA) is 40.5 Å². The minimum absolute atomic E-state index is 0.161. The lowest BCUT2D eigenvalue weighted by atomic mass is 9.94. The van der Waals surface area contributed by atoms with Crippen molar-refractivity contribution in [1.82, 2.24) is 0 Å². The predicted octanol–water partition coefficient (Wildman–Crippen LogP) is 2.89. The van der Waals surface area contributed by atoms with Gasteiger partial charge in [-0.05, 0) is 29.2 Å². The first-order valence-corrected chi connectivity index (χ1v) is 5.85. The van der Waals surface area contributed by atoms with E-state index < -0.39 is 0 Å². The summed E-state index contributed by atoms with van der Waals surface area (Å²) in [5, 5.41) is 19.2. The lowest BCUT2D eigenvalue weighted by Crippen LogP contribution is -1.99. The van der Waals surface area contributed by atoms with Crippen LogP contribution in [0.1, 0.15) is 23.5 Å². The maximum Gasteiger partial charge on any atom is 0.123 e. The zero-order valence-corrected chi connectivity index (χ0v) is 9.43. The van der Waals surface area contributed by atoms with Gasteiger partial charge in [0.15, 0.2) is 0 Å². The minimum Gasteiger partial charge on any atom is -0.507 e. The van der Waals surface area contributed by atoms with Gasteiger partial charge >= 0.3 is 0 Å². The van der Waals surface area contributed by atoms with Crippen LogP contribution in [0.2, 0.25) is 0 Å². The van der Waals surface area contributed by atoms with Crippen molar-refractivity contribution in [2.24, 2.45) is 0 Å². The predicted molar refractivity (Wildman–Crippen MR) is 67.1 cm³/mol. The third-order valence-electron chi connectivity index (χ3n) is 3.47. The van der Waals surface area contributed by atoms with Crippen LogP contribution in [0.4, 0.5) is 0 Å². The molecule has 2 heteroatoms. The van der Waals surface area contributed by atoms with Gasteiger partial charge in [0.05, 0.1) is 0 Å². The van der Waals surface area contributed by atoms with Crippen molar-refractivity contribution in [3.05, 3.63) is 53.6 Å². The Labute approximate surface area is 100 Å². The fraction of sp³-hybridized carbons (Fsp3) is 0.200. The molecule has 2 aromatic rings. The summed E-state index contributed by atoms with van der Waals surface area (Å²) in [6, 6.07) is 13.7. The Morgan fingerprint density at radius 2 is 1.71 bits per heavy atom. The molecule has 0 radical (unpaired) electrons. The SMILES string of the molecule is OCCC1c2ccccc2-c2c(O)cccc21. The van der Waals surface area contributed by atoms with Crippen LogP contribution in [0.5, 0.6) is 5.75 Å². The van der Waals surface area contributed by atoms with E-state index in [1.165, 1.54) is 5.56 Å². The van der Waals surface area contributed by atoms with Gasteiger partial charge in [-0.25, -0.2) is 0 Å². The molecule has 0 saturated heterocycles. The Balaban J connectivity index is 2.26. The first-order valence-electron chi connectivity index (χ1n) is 5.85. The summed E-state index contributed by atoms with van der Waals surface area (Å²) in [6.45, 7) is 0.161. The number of phenols is 1. The van der Waals surface area contributed by atoms with Crippen LogP contribution < -0.4 is 0 Å². The highest BCUT2D eigenvalue weighted by molar-refractivity contribution is 5.83. The van der Waals surface area contributed by atoms with Crippen molar-refractivity contribution >= 4 is 0 Å². The van der Waals surface area contributed by atoms with Crippen molar-refractivity contribution in [2.75, 3.05) is 6.61 Å². The zero-order chi connectivity index (χ0) is 11.8. The summed E-state index contributed by atoms with van der Waals surface area (Å²) >= 11 is 0. The van der Waals surface area contributed by atoms with Gasteiger partial charge in [-0.2, -0.15) is 0 Å². The molecule has 17 heavy (non-hydrogen) atoms. The van der Waals surface area contributed by atoms with Crippen LogP contribution in [0.15, 0.2) is 42.5 Å². The highest BCUT2D eigenvalue weighted by atomic mass is 16.3. The van der Waals surface area contributed by atoms with E-state index in [-0.39, 0.29) is 12.5 Å². The molecule has 2 nitrogen and oxygen atoms in total. The van der Waals surface area contributed by atoms with Crippen LogP contribution in [0.25, 0.3) is 11.1 Å². The van der Waals surface area contributed by atoms with E-state index in [2.05, 4.69) is 6.07 Å². The van der Waals surface area contributed by atoms with Gasteiger partial charge in [-0.15, -0.1) is 0 Å². The van der Waals surface area contributed by atoms with Gasteiger partial charge in [0.2, 0.25) is 0 Å². The monoisotopic (exact) mass is 226 g/mol. The van der Waals surface area contributed by atoms with E-state index >= 15 is 0 Å². The van der Waals surface area contributed by atoms with Crippen LogP contribution in [-0.4, -0.2) is 16.8 Å². The summed E-state index contributed by atoms with van der Waals surface area (Å²) in [5.41, 5.74) is 4.36. The summed E-state index contributed by atoms with van der Waals surface area (Å²) in [6.07, 6.45) is 0.702. The molecule has 3 rings (SSSR count). The molecule has 0 saturated carbocycles. The Bertz CT molecular complexity index is 561. The number of hydrogen-bond donors (Lipinski definition) is 2. The van der Waals surface area contributed by atoms with E-state index in [0.717, 1.165) is 16.7 Å². The van der Waals surface area contributed by atoms with Gasteiger partial charge in [0, 0.05) is 18.1 Å². The van der Waals surface area contributed by atoms with Gasteiger partial charge in [-0.1, -0.05) is 36.4 Å². The van der Waals surface area contributed by atoms with Gasteiger partial charge < -0.3 is 10.2 Å². The Morgan fingerprint density at radius 1 is 0.941 bits per heavy atom. The number of fused-ring (bicyclic) bond motifs is 3. The molecular formula is C15H14O2.